The van der Waals surface area contributed by atoms with Gasteiger partial charge in [0.2, 0.25) is 0 Å². The summed E-state index contributed by atoms with van der Waals surface area (Å²) < 4.78 is 26.8. The molecule has 0 aliphatic heterocycles. The Morgan fingerprint density at radius 1 is 0.933 bits per heavy atom. The molecule has 0 amide bonds. The van der Waals surface area contributed by atoms with Crippen molar-refractivity contribution < 1.29 is 8.78 Å². The molecule has 0 aliphatic rings. The van der Waals surface area contributed by atoms with E-state index in [0.717, 1.165) is 34.5 Å². The SMILES string of the molecule is N#CC(=CNc1ccc(F)cc1F)c1nc(-c2ccc(-c3ccccc3)cc2)cs1. The topological polar surface area (TPSA) is 48.7 Å². The van der Waals surface area contributed by atoms with Gasteiger partial charge in [0.1, 0.15) is 28.3 Å². The van der Waals surface area contributed by atoms with Crippen LogP contribution in [0.2, 0.25) is 0 Å². The van der Waals surface area contributed by atoms with Crippen LogP contribution in [-0.2, 0) is 0 Å². The molecule has 4 aromatic rings. The van der Waals surface area contributed by atoms with Gasteiger partial charge in [0, 0.05) is 23.2 Å². The first kappa shape index (κ1) is 19.5. The largest absolute Gasteiger partial charge is 0.358 e. The molecule has 3 nitrogen and oxygen atoms in total. The maximum Gasteiger partial charge on any atom is 0.149 e. The number of rotatable bonds is 5. The van der Waals surface area contributed by atoms with E-state index in [-0.39, 0.29) is 11.3 Å². The van der Waals surface area contributed by atoms with E-state index in [4.69, 9.17) is 0 Å². The van der Waals surface area contributed by atoms with Gasteiger partial charge >= 0.3 is 0 Å². The number of benzene rings is 3. The fraction of sp³-hybridized carbons (Fsp3) is 0. The number of nitrogens with zero attached hydrogens (tertiary/aromatic N) is 2. The monoisotopic (exact) mass is 415 g/mol. The molecule has 4 rings (SSSR count). The van der Waals surface area contributed by atoms with E-state index in [1.165, 1.54) is 23.6 Å². The summed E-state index contributed by atoms with van der Waals surface area (Å²) in [6.07, 6.45) is 1.37. The second-order valence-electron chi connectivity index (χ2n) is 6.42. The first-order valence-corrected chi connectivity index (χ1v) is 9.95. The minimum absolute atomic E-state index is 0.0810. The Balaban J connectivity index is 1.54. The average Bonchev–Trinajstić information content (AvgIpc) is 3.26. The van der Waals surface area contributed by atoms with Crippen LogP contribution in [0.5, 0.6) is 0 Å². The van der Waals surface area contributed by atoms with Crippen molar-refractivity contribution in [3.05, 3.63) is 101 Å². The molecule has 1 aromatic heterocycles. The lowest BCUT2D eigenvalue weighted by Gasteiger charge is -2.03. The Morgan fingerprint density at radius 2 is 1.63 bits per heavy atom. The fourth-order valence-electron chi connectivity index (χ4n) is 2.89. The molecule has 0 spiro atoms. The molecule has 1 heterocycles. The summed E-state index contributed by atoms with van der Waals surface area (Å²) in [6, 6.07) is 23.4. The smallest absolute Gasteiger partial charge is 0.149 e. The molecule has 0 bridgehead atoms. The third-order valence-corrected chi connectivity index (χ3v) is 5.32. The zero-order valence-electron chi connectivity index (χ0n) is 15.6. The Labute approximate surface area is 176 Å². The number of nitrogens with one attached hydrogen (secondary N) is 1. The summed E-state index contributed by atoms with van der Waals surface area (Å²) in [4.78, 5) is 4.54. The number of halogens is 2. The lowest BCUT2D eigenvalue weighted by Crippen LogP contribution is -1.94. The highest BCUT2D eigenvalue weighted by molar-refractivity contribution is 7.11. The molecule has 0 aliphatic carbocycles. The Hall–Kier alpha value is -3.82. The summed E-state index contributed by atoms with van der Waals surface area (Å²) in [5.41, 5.74) is 4.28. The Bertz CT molecular complexity index is 1240. The Morgan fingerprint density at radius 3 is 2.33 bits per heavy atom. The van der Waals surface area contributed by atoms with Gasteiger partial charge in [0.05, 0.1) is 11.4 Å². The summed E-state index contributed by atoms with van der Waals surface area (Å²) in [6.45, 7) is 0. The van der Waals surface area contributed by atoms with Crippen molar-refractivity contribution in [2.24, 2.45) is 0 Å². The maximum absolute atomic E-state index is 13.8. The van der Waals surface area contributed by atoms with Crippen molar-refractivity contribution >= 4 is 22.6 Å². The Kier molecular flexibility index (Phi) is 5.64. The number of hydrogen-bond donors (Lipinski definition) is 1. The van der Waals surface area contributed by atoms with Gasteiger partial charge in [0.15, 0.2) is 0 Å². The van der Waals surface area contributed by atoms with Crippen molar-refractivity contribution in [3.63, 3.8) is 0 Å². The molecule has 0 unspecified atom stereocenters. The minimum Gasteiger partial charge on any atom is -0.358 e. The van der Waals surface area contributed by atoms with Crippen molar-refractivity contribution in [1.29, 1.82) is 5.26 Å². The zero-order chi connectivity index (χ0) is 20.9. The van der Waals surface area contributed by atoms with Gasteiger partial charge in [-0.2, -0.15) is 5.26 Å². The number of anilines is 1. The van der Waals surface area contributed by atoms with E-state index in [1.807, 2.05) is 47.8 Å². The van der Waals surface area contributed by atoms with Crippen LogP contribution in [0.15, 0.2) is 84.4 Å². The van der Waals surface area contributed by atoms with Crippen LogP contribution in [-0.4, -0.2) is 4.98 Å². The van der Waals surface area contributed by atoms with Crippen LogP contribution in [0, 0.1) is 23.0 Å². The molecule has 146 valence electrons. The lowest BCUT2D eigenvalue weighted by molar-refractivity contribution is 0.586. The summed E-state index contributed by atoms with van der Waals surface area (Å²) in [5, 5.41) is 14.6. The van der Waals surface area contributed by atoms with Crippen LogP contribution < -0.4 is 5.32 Å². The van der Waals surface area contributed by atoms with Crippen LogP contribution in [0.1, 0.15) is 5.01 Å². The molecule has 3 aromatic carbocycles. The molecule has 6 heteroatoms. The number of aromatic nitrogens is 1. The van der Waals surface area contributed by atoms with E-state index in [1.54, 1.807) is 0 Å². The molecular weight excluding hydrogens is 400 g/mol. The quantitative estimate of drug-likeness (QED) is 0.368. The van der Waals surface area contributed by atoms with Gasteiger partial charge in [0.25, 0.3) is 0 Å². The second-order valence-corrected chi connectivity index (χ2v) is 7.28. The van der Waals surface area contributed by atoms with Gasteiger partial charge in [-0.3, -0.25) is 0 Å². The predicted molar refractivity (Wildman–Crippen MR) is 117 cm³/mol. The van der Waals surface area contributed by atoms with E-state index >= 15 is 0 Å². The average molecular weight is 415 g/mol. The molecule has 0 fully saturated rings. The number of thiazole rings is 1. The van der Waals surface area contributed by atoms with Gasteiger partial charge in [-0.1, -0.05) is 54.6 Å². The first-order chi connectivity index (χ1) is 14.6. The number of hydrogen-bond acceptors (Lipinski definition) is 4. The van der Waals surface area contributed by atoms with Gasteiger partial charge < -0.3 is 5.32 Å². The summed E-state index contributed by atoms with van der Waals surface area (Å²) in [7, 11) is 0. The van der Waals surface area contributed by atoms with Crippen LogP contribution in [0.25, 0.3) is 28.0 Å². The van der Waals surface area contributed by atoms with Crippen LogP contribution in [0.3, 0.4) is 0 Å². The van der Waals surface area contributed by atoms with E-state index in [9.17, 15) is 14.0 Å². The predicted octanol–water partition coefficient (Wildman–Crippen LogP) is 6.73. The molecule has 0 saturated heterocycles. The molecule has 30 heavy (non-hydrogen) atoms. The minimum atomic E-state index is -0.734. The maximum atomic E-state index is 13.8. The standard InChI is InChI=1S/C24H15F2N3S/c25-20-10-11-22(21(26)12-20)28-14-19(13-27)24-29-23(15-30-24)18-8-6-17(7-9-18)16-4-2-1-3-5-16/h1-12,14-15,28H. The first-order valence-electron chi connectivity index (χ1n) is 9.07. The molecular formula is C24H15F2N3S. The van der Waals surface area contributed by atoms with Gasteiger partial charge in [-0.05, 0) is 23.3 Å². The lowest BCUT2D eigenvalue weighted by atomic mass is 10.0. The number of nitriles is 1. The van der Waals surface area contributed by atoms with E-state index < -0.39 is 11.6 Å². The fourth-order valence-corrected chi connectivity index (χ4v) is 3.69. The highest BCUT2D eigenvalue weighted by Gasteiger charge is 2.10. The normalized spacial score (nSPS) is 11.2. The van der Waals surface area contributed by atoms with Gasteiger partial charge in [-0.25, -0.2) is 13.8 Å². The highest BCUT2D eigenvalue weighted by atomic mass is 32.1. The third-order valence-electron chi connectivity index (χ3n) is 4.45. The summed E-state index contributed by atoms with van der Waals surface area (Å²) >= 11 is 1.32. The summed E-state index contributed by atoms with van der Waals surface area (Å²) in [5.74, 6) is -1.40. The van der Waals surface area contributed by atoms with E-state index in [0.29, 0.717) is 5.01 Å². The van der Waals surface area contributed by atoms with Crippen molar-refractivity contribution in [3.8, 4) is 28.5 Å². The van der Waals surface area contributed by atoms with Crippen molar-refractivity contribution in [1.82, 2.24) is 4.98 Å². The van der Waals surface area contributed by atoms with Gasteiger partial charge in [-0.15, -0.1) is 11.3 Å². The zero-order valence-corrected chi connectivity index (χ0v) is 16.5. The third kappa shape index (κ3) is 4.27. The molecule has 1 N–H and O–H groups in total. The van der Waals surface area contributed by atoms with Crippen molar-refractivity contribution in [2.75, 3.05) is 5.32 Å². The molecule has 0 saturated carbocycles. The molecule has 0 atom stereocenters. The van der Waals surface area contributed by atoms with Crippen LogP contribution >= 0.6 is 11.3 Å². The number of allylic oxidation sites excluding steroid dienone is 1. The van der Waals surface area contributed by atoms with Crippen LogP contribution in [0.4, 0.5) is 14.5 Å². The highest BCUT2D eigenvalue weighted by Crippen LogP contribution is 2.28. The second kappa shape index (κ2) is 8.68. The molecule has 0 radical (unpaired) electrons. The van der Waals surface area contributed by atoms with Crippen molar-refractivity contribution in [2.45, 2.75) is 0 Å². The van der Waals surface area contributed by atoms with E-state index in [2.05, 4.69) is 28.5 Å².